The Morgan fingerprint density at radius 1 is 1.30 bits per heavy atom. The van der Waals surface area contributed by atoms with Gasteiger partial charge in [-0.05, 0) is 24.3 Å². The van der Waals surface area contributed by atoms with E-state index in [1.807, 2.05) is 24.3 Å². The fourth-order valence-corrected chi connectivity index (χ4v) is 2.78. The summed E-state index contributed by atoms with van der Waals surface area (Å²) in [7, 11) is 1.73. The van der Waals surface area contributed by atoms with Gasteiger partial charge in [0.1, 0.15) is 0 Å². The van der Waals surface area contributed by atoms with Crippen molar-refractivity contribution in [3.63, 3.8) is 0 Å². The first-order valence-corrected chi connectivity index (χ1v) is 8.39. The number of hydrogen-bond donors (Lipinski definition) is 2. The van der Waals surface area contributed by atoms with Crippen molar-refractivity contribution in [1.29, 1.82) is 0 Å². The molecule has 122 valence electrons. The molecule has 0 atom stereocenters. The molecule has 23 heavy (non-hydrogen) atoms. The third kappa shape index (κ3) is 5.14. The Morgan fingerprint density at radius 2 is 2.00 bits per heavy atom. The summed E-state index contributed by atoms with van der Waals surface area (Å²) in [5.41, 5.74) is 7.11. The maximum Gasteiger partial charge on any atom is 0.321 e. The maximum absolute atomic E-state index is 12.3. The predicted molar refractivity (Wildman–Crippen MR) is 94.4 cm³/mol. The standard InChI is InChI=1S/C16H21N5OS/c1-3-8-23-14-7-5-4-6-13(14)20-16(22)21(2)11-12-9-18-15(17)19-10-12/h4-7,9-10H,3,8,11H2,1-2H3,(H,20,22)(H2,17,18,19). The molecule has 0 unspecified atom stereocenters. The van der Waals surface area contributed by atoms with Crippen molar-refractivity contribution in [3.05, 3.63) is 42.2 Å². The lowest BCUT2D eigenvalue weighted by Crippen LogP contribution is -2.31. The van der Waals surface area contributed by atoms with Crippen LogP contribution in [-0.2, 0) is 6.54 Å². The molecular weight excluding hydrogens is 310 g/mol. The highest BCUT2D eigenvalue weighted by Crippen LogP contribution is 2.27. The molecule has 0 radical (unpaired) electrons. The molecule has 0 aliphatic rings. The molecule has 1 aromatic heterocycles. The Kier molecular flexibility index (Phi) is 6.22. The van der Waals surface area contributed by atoms with E-state index < -0.39 is 0 Å². The van der Waals surface area contributed by atoms with Gasteiger partial charge in [-0.25, -0.2) is 14.8 Å². The molecular formula is C16H21N5OS. The number of hydrogen-bond acceptors (Lipinski definition) is 5. The first kappa shape index (κ1) is 17.1. The lowest BCUT2D eigenvalue weighted by atomic mass is 10.3. The van der Waals surface area contributed by atoms with Gasteiger partial charge < -0.3 is 16.0 Å². The average molecular weight is 331 g/mol. The Balaban J connectivity index is 1.99. The summed E-state index contributed by atoms with van der Waals surface area (Å²) in [4.78, 5) is 22.9. The Morgan fingerprint density at radius 3 is 2.70 bits per heavy atom. The van der Waals surface area contributed by atoms with Crippen LogP contribution in [0.15, 0.2) is 41.6 Å². The van der Waals surface area contributed by atoms with Crippen LogP contribution in [0.3, 0.4) is 0 Å². The van der Waals surface area contributed by atoms with Gasteiger partial charge in [-0.1, -0.05) is 19.1 Å². The summed E-state index contributed by atoms with van der Waals surface area (Å²) in [6.07, 6.45) is 4.33. The normalized spacial score (nSPS) is 10.3. The zero-order valence-electron chi connectivity index (χ0n) is 13.3. The molecule has 7 heteroatoms. The highest BCUT2D eigenvalue weighted by Gasteiger charge is 2.12. The van der Waals surface area contributed by atoms with E-state index in [1.165, 1.54) is 0 Å². The molecule has 3 N–H and O–H groups in total. The second-order valence-corrected chi connectivity index (χ2v) is 6.22. The highest BCUT2D eigenvalue weighted by molar-refractivity contribution is 7.99. The van der Waals surface area contributed by atoms with Gasteiger partial charge in [0.05, 0.1) is 12.2 Å². The zero-order chi connectivity index (χ0) is 16.7. The van der Waals surface area contributed by atoms with Gasteiger partial charge >= 0.3 is 6.03 Å². The van der Waals surface area contributed by atoms with Crippen molar-refractivity contribution in [2.75, 3.05) is 23.9 Å². The number of para-hydroxylation sites is 1. The van der Waals surface area contributed by atoms with Gasteiger partial charge in [0.15, 0.2) is 0 Å². The molecule has 1 heterocycles. The second-order valence-electron chi connectivity index (χ2n) is 5.08. The molecule has 0 aliphatic heterocycles. The van der Waals surface area contributed by atoms with Crippen LogP contribution < -0.4 is 11.1 Å². The van der Waals surface area contributed by atoms with Gasteiger partial charge in [-0.15, -0.1) is 11.8 Å². The van der Waals surface area contributed by atoms with E-state index in [0.717, 1.165) is 28.3 Å². The third-order valence-electron chi connectivity index (χ3n) is 3.08. The van der Waals surface area contributed by atoms with Gasteiger partial charge in [-0.2, -0.15) is 0 Å². The number of nitrogen functional groups attached to an aromatic ring is 1. The number of carbonyl (C=O) groups is 1. The van der Waals surface area contributed by atoms with Crippen LogP contribution in [0.2, 0.25) is 0 Å². The Bertz CT molecular complexity index is 647. The number of anilines is 2. The number of urea groups is 1. The largest absolute Gasteiger partial charge is 0.368 e. The minimum Gasteiger partial charge on any atom is -0.368 e. The second kappa shape index (κ2) is 8.38. The van der Waals surface area contributed by atoms with E-state index in [2.05, 4.69) is 22.2 Å². The molecule has 0 bridgehead atoms. The van der Waals surface area contributed by atoms with Crippen LogP contribution in [-0.4, -0.2) is 33.7 Å². The fourth-order valence-electron chi connectivity index (χ4n) is 1.91. The number of rotatable bonds is 6. The Labute approximate surface area is 140 Å². The molecule has 2 rings (SSSR count). The lowest BCUT2D eigenvalue weighted by Gasteiger charge is -2.19. The summed E-state index contributed by atoms with van der Waals surface area (Å²) in [5, 5.41) is 2.95. The van der Waals surface area contributed by atoms with Gasteiger partial charge in [0.2, 0.25) is 5.95 Å². The van der Waals surface area contributed by atoms with E-state index in [0.29, 0.717) is 6.54 Å². The molecule has 6 nitrogen and oxygen atoms in total. The number of nitrogens with two attached hydrogens (primary N) is 1. The average Bonchev–Trinajstić information content (AvgIpc) is 2.56. The topological polar surface area (TPSA) is 84.1 Å². The minimum absolute atomic E-state index is 0.175. The van der Waals surface area contributed by atoms with E-state index in [9.17, 15) is 4.79 Å². The van der Waals surface area contributed by atoms with Gasteiger partial charge in [0, 0.05) is 29.9 Å². The number of thioether (sulfide) groups is 1. The number of amides is 2. The smallest absolute Gasteiger partial charge is 0.321 e. The van der Waals surface area contributed by atoms with Crippen LogP contribution >= 0.6 is 11.8 Å². The van der Waals surface area contributed by atoms with Crippen LogP contribution in [0.4, 0.5) is 16.4 Å². The van der Waals surface area contributed by atoms with E-state index in [-0.39, 0.29) is 12.0 Å². The maximum atomic E-state index is 12.3. The van der Waals surface area contributed by atoms with Gasteiger partial charge in [0.25, 0.3) is 0 Å². The predicted octanol–water partition coefficient (Wildman–Crippen LogP) is 3.22. The number of carbonyl (C=O) groups excluding carboxylic acids is 1. The number of nitrogens with zero attached hydrogens (tertiary/aromatic N) is 3. The van der Waals surface area contributed by atoms with E-state index in [1.54, 1.807) is 36.1 Å². The van der Waals surface area contributed by atoms with Crippen molar-refractivity contribution in [1.82, 2.24) is 14.9 Å². The first-order valence-electron chi connectivity index (χ1n) is 7.40. The van der Waals surface area contributed by atoms with Gasteiger partial charge in [-0.3, -0.25) is 0 Å². The first-order chi connectivity index (χ1) is 11.1. The molecule has 0 aliphatic carbocycles. The van der Waals surface area contributed by atoms with Crippen molar-refractivity contribution in [2.45, 2.75) is 24.8 Å². The number of aromatic nitrogens is 2. The third-order valence-corrected chi connectivity index (χ3v) is 4.36. The minimum atomic E-state index is -0.175. The van der Waals surface area contributed by atoms with Crippen molar-refractivity contribution < 1.29 is 4.79 Å². The molecule has 1 aromatic carbocycles. The van der Waals surface area contributed by atoms with Crippen molar-refractivity contribution in [2.24, 2.45) is 0 Å². The lowest BCUT2D eigenvalue weighted by molar-refractivity contribution is 0.220. The van der Waals surface area contributed by atoms with Crippen LogP contribution in [0.5, 0.6) is 0 Å². The number of benzene rings is 1. The number of nitrogens with one attached hydrogen (secondary N) is 1. The molecule has 0 saturated carbocycles. The molecule has 0 saturated heterocycles. The SMILES string of the molecule is CCCSc1ccccc1NC(=O)N(C)Cc1cnc(N)nc1. The van der Waals surface area contributed by atoms with Crippen LogP contribution in [0.1, 0.15) is 18.9 Å². The summed E-state index contributed by atoms with van der Waals surface area (Å²) in [6, 6.07) is 7.65. The summed E-state index contributed by atoms with van der Waals surface area (Å²) < 4.78 is 0. The van der Waals surface area contributed by atoms with E-state index >= 15 is 0 Å². The molecule has 2 amide bonds. The van der Waals surface area contributed by atoms with Crippen molar-refractivity contribution in [3.8, 4) is 0 Å². The monoisotopic (exact) mass is 331 g/mol. The summed E-state index contributed by atoms with van der Waals surface area (Å²) >= 11 is 1.74. The summed E-state index contributed by atoms with van der Waals surface area (Å²) in [6.45, 7) is 2.55. The molecule has 2 aromatic rings. The van der Waals surface area contributed by atoms with E-state index in [4.69, 9.17) is 5.73 Å². The fraction of sp³-hybridized carbons (Fsp3) is 0.312. The summed E-state index contributed by atoms with van der Waals surface area (Å²) in [5.74, 6) is 1.24. The van der Waals surface area contributed by atoms with Crippen LogP contribution in [0, 0.1) is 0 Å². The molecule has 0 fully saturated rings. The zero-order valence-corrected chi connectivity index (χ0v) is 14.1. The quantitative estimate of drug-likeness (QED) is 0.794. The molecule has 0 spiro atoms. The van der Waals surface area contributed by atoms with Crippen molar-refractivity contribution >= 4 is 29.4 Å². The van der Waals surface area contributed by atoms with Crippen LogP contribution in [0.25, 0.3) is 0 Å². The highest BCUT2D eigenvalue weighted by atomic mass is 32.2. The Hall–Kier alpha value is -2.28.